The minimum atomic E-state index is -0.376. The molecular weight excluding hydrogens is 301 g/mol. The SMILES string of the molecule is CC1(c2c(F)c(Br)cc3c2OCCO3)CCCN1. The van der Waals surface area contributed by atoms with Crippen molar-refractivity contribution >= 4 is 15.9 Å². The lowest BCUT2D eigenvalue weighted by atomic mass is 9.89. The second-order valence-corrected chi connectivity index (χ2v) is 5.79. The Kier molecular flexibility index (Phi) is 2.98. The monoisotopic (exact) mass is 315 g/mol. The van der Waals surface area contributed by atoms with Crippen molar-refractivity contribution in [3.63, 3.8) is 0 Å². The quantitative estimate of drug-likeness (QED) is 0.864. The van der Waals surface area contributed by atoms with Crippen molar-refractivity contribution in [3.05, 3.63) is 21.9 Å². The second kappa shape index (κ2) is 4.38. The van der Waals surface area contributed by atoms with E-state index < -0.39 is 0 Å². The highest BCUT2D eigenvalue weighted by atomic mass is 79.9. The molecule has 5 heteroatoms. The fraction of sp³-hybridized carbons (Fsp3) is 0.538. The highest BCUT2D eigenvalue weighted by molar-refractivity contribution is 9.10. The van der Waals surface area contributed by atoms with Crippen LogP contribution in [0.1, 0.15) is 25.3 Å². The van der Waals surface area contributed by atoms with E-state index in [9.17, 15) is 4.39 Å². The Bertz CT molecular complexity index is 486. The third-order valence-corrected chi connectivity index (χ3v) is 4.22. The van der Waals surface area contributed by atoms with Crippen LogP contribution in [0.5, 0.6) is 11.5 Å². The average Bonchev–Trinajstić information content (AvgIpc) is 2.78. The molecule has 3 rings (SSSR count). The van der Waals surface area contributed by atoms with Crippen LogP contribution in [0.15, 0.2) is 10.5 Å². The first-order valence-corrected chi connectivity index (χ1v) is 6.94. The summed E-state index contributed by atoms with van der Waals surface area (Å²) in [6.45, 7) is 3.90. The van der Waals surface area contributed by atoms with Gasteiger partial charge in [0, 0.05) is 11.6 Å². The largest absolute Gasteiger partial charge is 0.486 e. The van der Waals surface area contributed by atoms with Gasteiger partial charge in [-0.05, 0) is 42.2 Å². The number of nitrogens with one attached hydrogen (secondary N) is 1. The minimum absolute atomic E-state index is 0.254. The van der Waals surface area contributed by atoms with Gasteiger partial charge in [0.05, 0.1) is 10.0 Å². The average molecular weight is 316 g/mol. The summed E-state index contributed by atoms with van der Waals surface area (Å²) in [6.07, 6.45) is 1.94. The Hall–Kier alpha value is -0.810. The molecule has 2 aliphatic rings. The topological polar surface area (TPSA) is 30.5 Å². The van der Waals surface area contributed by atoms with Crippen LogP contribution in [0.25, 0.3) is 0 Å². The van der Waals surface area contributed by atoms with Gasteiger partial charge in [0.25, 0.3) is 0 Å². The molecule has 1 fully saturated rings. The summed E-state index contributed by atoms with van der Waals surface area (Å²) < 4.78 is 26.1. The zero-order valence-electron chi connectivity index (χ0n) is 10.2. The van der Waals surface area contributed by atoms with Gasteiger partial charge in [-0.3, -0.25) is 0 Å². The summed E-state index contributed by atoms with van der Waals surface area (Å²) in [7, 11) is 0. The lowest BCUT2D eigenvalue weighted by Crippen LogP contribution is -2.35. The third kappa shape index (κ3) is 1.80. The molecule has 0 aliphatic carbocycles. The second-order valence-electron chi connectivity index (χ2n) is 4.93. The molecule has 2 aliphatic heterocycles. The number of fused-ring (bicyclic) bond motifs is 1. The first-order valence-electron chi connectivity index (χ1n) is 6.15. The maximum Gasteiger partial charge on any atom is 0.169 e. The maximum atomic E-state index is 14.5. The van der Waals surface area contributed by atoms with Crippen molar-refractivity contribution in [1.29, 1.82) is 0 Å². The van der Waals surface area contributed by atoms with Crippen molar-refractivity contribution in [1.82, 2.24) is 5.32 Å². The zero-order valence-corrected chi connectivity index (χ0v) is 11.8. The molecule has 1 saturated heterocycles. The first kappa shape index (κ1) is 12.2. The van der Waals surface area contributed by atoms with Crippen LogP contribution in [0.4, 0.5) is 4.39 Å². The van der Waals surface area contributed by atoms with E-state index in [4.69, 9.17) is 9.47 Å². The number of benzene rings is 1. The third-order valence-electron chi connectivity index (χ3n) is 3.65. The van der Waals surface area contributed by atoms with Crippen LogP contribution in [0, 0.1) is 5.82 Å². The molecule has 3 nitrogen and oxygen atoms in total. The van der Waals surface area contributed by atoms with Gasteiger partial charge >= 0.3 is 0 Å². The number of ether oxygens (including phenoxy) is 2. The van der Waals surface area contributed by atoms with Crippen molar-refractivity contribution in [2.24, 2.45) is 0 Å². The molecule has 0 aromatic heterocycles. The van der Waals surface area contributed by atoms with Crippen LogP contribution in [0.2, 0.25) is 0 Å². The molecule has 0 spiro atoms. The fourth-order valence-electron chi connectivity index (χ4n) is 2.73. The van der Waals surface area contributed by atoms with Crippen LogP contribution < -0.4 is 14.8 Å². The summed E-state index contributed by atoms with van der Waals surface area (Å²) in [4.78, 5) is 0. The molecule has 18 heavy (non-hydrogen) atoms. The molecule has 1 N–H and O–H groups in total. The summed E-state index contributed by atoms with van der Waals surface area (Å²) in [5.74, 6) is 0.925. The predicted molar refractivity (Wildman–Crippen MR) is 69.7 cm³/mol. The number of halogens is 2. The van der Waals surface area contributed by atoms with E-state index in [2.05, 4.69) is 21.2 Å². The molecule has 2 heterocycles. The van der Waals surface area contributed by atoms with Crippen molar-refractivity contribution in [2.75, 3.05) is 19.8 Å². The minimum Gasteiger partial charge on any atom is -0.486 e. The van der Waals surface area contributed by atoms with E-state index in [0.717, 1.165) is 19.4 Å². The highest BCUT2D eigenvalue weighted by Gasteiger charge is 2.38. The smallest absolute Gasteiger partial charge is 0.169 e. The number of rotatable bonds is 1. The Morgan fingerprint density at radius 3 is 2.89 bits per heavy atom. The summed E-state index contributed by atoms with van der Waals surface area (Å²) in [5, 5.41) is 3.37. The lowest BCUT2D eigenvalue weighted by Gasteiger charge is -2.31. The Morgan fingerprint density at radius 2 is 2.17 bits per heavy atom. The first-order chi connectivity index (χ1) is 8.62. The van der Waals surface area contributed by atoms with Gasteiger partial charge in [0.2, 0.25) is 0 Å². The normalized spacial score (nSPS) is 26.4. The fourth-order valence-corrected chi connectivity index (χ4v) is 3.14. The van der Waals surface area contributed by atoms with Crippen LogP contribution >= 0.6 is 15.9 Å². The van der Waals surface area contributed by atoms with Gasteiger partial charge in [-0.1, -0.05) is 0 Å². The van der Waals surface area contributed by atoms with Crippen LogP contribution in [-0.4, -0.2) is 19.8 Å². The van der Waals surface area contributed by atoms with Crippen LogP contribution in [-0.2, 0) is 5.54 Å². The van der Waals surface area contributed by atoms with Gasteiger partial charge in [-0.25, -0.2) is 4.39 Å². The van der Waals surface area contributed by atoms with Gasteiger partial charge in [0.15, 0.2) is 11.5 Å². The van der Waals surface area contributed by atoms with Gasteiger partial charge in [-0.15, -0.1) is 0 Å². The van der Waals surface area contributed by atoms with Gasteiger partial charge in [0.1, 0.15) is 19.0 Å². The van der Waals surface area contributed by atoms with Crippen molar-refractivity contribution < 1.29 is 13.9 Å². The summed E-state index contributed by atoms with van der Waals surface area (Å²) in [5.41, 5.74) is 0.211. The maximum absolute atomic E-state index is 14.5. The molecule has 1 aromatic carbocycles. The Labute approximate surface area is 114 Å². The standard InChI is InChI=1S/C13H15BrFNO2/c1-13(3-2-4-16-13)10-11(15)8(14)7-9-12(10)18-6-5-17-9/h7,16H,2-6H2,1H3. The molecule has 1 atom stereocenters. The highest BCUT2D eigenvalue weighted by Crippen LogP contribution is 2.46. The summed E-state index contributed by atoms with van der Waals surface area (Å²) >= 11 is 3.26. The lowest BCUT2D eigenvalue weighted by molar-refractivity contribution is 0.164. The number of hydrogen-bond acceptors (Lipinski definition) is 3. The van der Waals surface area contributed by atoms with E-state index >= 15 is 0 Å². The van der Waals surface area contributed by atoms with E-state index in [0.29, 0.717) is 34.7 Å². The molecule has 0 amide bonds. The molecule has 0 bridgehead atoms. The number of hydrogen-bond donors (Lipinski definition) is 1. The molecule has 1 unspecified atom stereocenters. The molecular formula is C13H15BrFNO2. The van der Waals surface area contributed by atoms with E-state index in [1.165, 1.54) is 0 Å². The zero-order chi connectivity index (χ0) is 12.8. The van der Waals surface area contributed by atoms with Gasteiger partial charge < -0.3 is 14.8 Å². The molecule has 0 radical (unpaired) electrons. The van der Waals surface area contributed by atoms with E-state index in [-0.39, 0.29) is 11.4 Å². The van der Waals surface area contributed by atoms with E-state index in [1.54, 1.807) is 6.07 Å². The molecule has 98 valence electrons. The predicted octanol–water partition coefficient (Wildman–Crippen LogP) is 2.96. The van der Waals surface area contributed by atoms with Crippen LogP contribution in [0.3, 0.4) is 0 Å². The van der Waals surface area contributed by atoms with Gasteiger partial charge in [-0.2, -0.15) is 0 Å². The summed E-state index contributed by atoms with van der Waals surface area (Å²) in [6, 6.07) is 1.64. The Balaban J connectivity index is 2.20. The van der Waals surface area contributed by atoms with Crippen molar-refractivity contribution in [3.8, 4) is 11.5 Å². The van der Waals surface area contributed by atoms with Crippen molar-refractivity contribution in [2.45, 2.75) is 25.3 Å². The molecule has 0 saturated carbocycles. The van der Waals surface area contributed by atoms with E-state index in [1.807, 2.05) is 6.92 Å². The Morgan fingerprint density at radius 1 is 1.39 bits per heavy atom. The molecule has 1 aromatic rings.